The van der Waals surface area contributed by atoms with Crippen molar-refractivity contribution in [3.8, 4) is 5.82 Å². The maximum atomic E-state index is 4.75. The molecule has 0 unspecified atom stereocenters. The number of pyridine rings is 1. The summed E-state index contributed by atoms with van der Waals surface area (Å²) in [7, 11) is 0. The molecular formula is C29H18N2. The molecule has 0 saturated heterocycles. The molecule has 0 radical (unpaired) electrons. The Labute approximate surface area is 179 Å². The van der Waals surface area contributed by atoms with Gasteiger partial charge >= 0.3 is 0 Å². The molecule has 0 saturated carbocycles. The van der Waals surface area contributed by atoms with Crippen LogP contribution in [0.5, 0.6) is 0 Å². The molecule has 2 nitrogen and oxygen atoms in total. The van der Waals surface area contributed by atoms with E-state index in [0.717, 1.165) is 5.82 Å². The normalized spacial score (nSPS) is 11.9. The second-order valence-corrected chi connectivity index (χ2v) is 8.02. The van der Waals surface area contributed by atoms with Crippen molar-refractivity contribution in [1.82, 2.24) is 9.55 Å². The van der Waals surface area contributed by atoms with Crippen LogP contribution in [0.1, 0.15) is 0 Å². The maximum absolute atomic E-state index is 4.75. The molecular weight excluding hydrogens is 376 g/mol. The Bertz CT molecular complexity index is 1780. The molecule has 0 bridgehead atoms. The van der Waals surface area contributed by atoms with Crippen LogP contribution >= 0.6 is 0 Å². The molecule has 7 aromatic rings. The number of fused-ring (bicyclic) bond motifs is 10. The molecule has 2 aromatic heterocycles. The smallest absolute Gasteiger partial charge is 0.137 e. The molecule has 0 N–H and O–H groups in total. The molecule has 0 atom stereocenters. The predicted molar refractivity (Wildman–Crippen MR) is 131 cm³/mol. The summed E-state index contributed by atoms with van der Waals surface area (Å²) < 4.78 is 2.34. The second kappa shape index (κ2) is 6.16. The number of aromatic nitrogens is 2. The van der Waals surface area contributed by atoms with Gasteiger partial charge in [0.15, 0.2) is 0 Å². The molecule has 2 heterocycles. The minimum atomic E-state index is 0.943. The van der Waals surface area contributed by atoms with Gasteiger partial charge in [-0.3, -0.25) is 4.57 Å². The number of rotatable bonds is 1. The predicted octanol–water partition coefficient (Wildman–Crippen LogP) is 7.64. The lowest BCUT2D eigenvalue weighted by atomic mass is 9.95. The third-order valence-corrected chi connectivity index (χ3v) is 6.41. The highest BCUT2D eigenvalue weighted by Gasteiger charge is 2.20. The topological polar surface area (TPSA) is 17.8 Å². The van der Waals surface area contributed by atoms with Gasteiger partial charge in [-0.05, 0) is 45.1 Å². The van der Waals surface area contributed by atoms with Gasteiger partial charge in [-0.2, -0.15) is 0 Å². The lowest BCUT2D eigenvalue weighted by molar-refractivity contribution is 1.08. The van der Waals surface area contributed by atoms with Crippen LogP contribution in [0.25, 0.3) is 59.9 Å². The molecule has 0 aliphatic heterocycles. The SMILES string of the molecule is c1ccc(-n2c3ccc4ccccc4c3c3c4ccccc4c4ccccc4c32)nc1. The fraction of sp³-hybridized carbons (Fsp3) is 0. The van der Waals surface area contributed by atoms with Gasteiger partial charge in [0.05, 0.1) is 11.0 Å². The van der Waals surface area contributed by atoms with Crippen LogP contribution in [0.15, 0.2) is 109 Å². The quantitative estimate of drug-likeness (QED) is 0.262. The number of nitrogens with zero attached hydrogens (tertiary/aromatic N) is 2. The maximum Gasteiger partial charge on any atom is 0.137 e. The van der Waals surface area contributed by atoms with E-state index in [9.17, 15) is 0 Å². The highest BCUT2D eigenvalue weighted by molar-refractivity contribution is 6.35. The minimum absolute atomic E-state index is 0.943. The lowest BCUT2D eigenvalue weighted by Crippen LogP contribution is -1.97. The van der Waals surface area contributed by atoms with Crippen LogP contribution < -0.4 is 0 Å². The van der Waals surface area contributed by atoms with Crippen molar-refractivity contribution in [1.29, 1.82) is 0 Å². The van der Waals surface area contributed by atoms with E-state index in [0.29, 0.717) is 0 Å². The van der Waals surface area contributed by atoms with E-state index in [2.05, 4.69) is 102 Å². The Hall–Kier alpha value is -4.17. The van der Waals surface area contributed by atoms with E-state index in [1.165, 1.54) is 54.1 Å². The van der Waals surface area contributed by atoms with Crippen molar-refractivity contribution in [2.24, 2.45) is 0 Å². The van der Waals surface area contributed by atoms with Crippen LogP contribution in [0, 0.1) is 0 Å². The summed E-state index contributed by atoms with van der Waals surface area (Å²) >= 11 is 0. The van der Waals surface area contributed by atoms with Gasteiger partial charge in [0.25, 0.3) is 0 Å². The van der Waals surface area contributed by atoms with Crippen molar-refractivity contribution in [3.63, 3.8) is 0 Å². The van der Waals surface area contributed by atoms with Gasteiger partial charge in [-0.15, -0.1) is 0 Å². The first-order valence-corrected chi connectivity index (χ1v) is 10.6. The summed E-state index contributed by atoms with van der Waals surface area (Å²) in [6.45, 7) is 0. The van der Waals surface area contributed by atoms with E-state index in [1.807, 2.05) is 12.3 Å². The van der Waals surface area contributed by atoms with Gasteiger partial charge in [-0.1, -0.05) is 84.9 Å². The van der Waals surface area contributed by atoms with Crippen LogP contribution in [-0.2, 0) is 0 Å². The Morgan fingerprint density at radius 1 is 0.484 bits per heavy atom. The van der Waals surface area contributed by atoms with Crippen LogP contribution in [0.3, 0.4) is 0 Å². The third kappa shape index (κ3) is 2.19. The standard InChI is InChI=1S/C29H18N2/c1-2-10-20-19(9-1)16-17-25-27(20)28-23-13-5-3-11-21(23)22-12-4-6-14-24(22)29(28)31(25)26-15-7-8-18-30-26/h1-18H. The number of hydrogen-bond donors (Lipinski definition) is 0. The molecule has 0 aliphatic carbocycles. The van der Waals surface area contributed by atoms with E-state index < -0.39 is 0 Å². The molecule has 31 heavy (non-hydrogen) atoms. The number of hydrogen-bond acceptors (Lipinski definition) is 1. The Kier molecular flexibility index (Phi) is 3.30. The Morgan fingerprint density at radius 2 is 1.13 bits per heavy atom. The third-order valence-electron chi connectivity index (χ3n) is 6.41. The van der Waals surface area contributed by atoms with Gasteiger partial charge in [0, 0.05) is 22.4 Å². The Morgan fingerprint density at radius 3 is 1.90 bits per heavy atom. The van der Waals surface area contributed by atoms with Crippen molar-refractivity contribution in [3.05, 3.63) is 109 Å². The molecule has 0 spiro atoms. The second-order valence-electron chi connectivity index (χ2n) is 8.02. The molecule has 2 heteroatoms. The zero-order chi connectivity index (χ0) is 20.4. The molecule has 144 valence electrons. The monoisotopic (exact) mass is 394 g/mol. The summed E-state index contributed by atoms with van der Waals surface area (Å²) in [5.41, 5.74) is 2.41. The van der Waals surface area contributed by atoms with Crippen molar-refractivity contribution >= 4 is 54.1 Å². The highest BCUT2D eigenvalue weighted by atomic mass is 15.1. The summed E-state index contributed by atoms with van der Waals surface area (Å²) in [5, 5.41) is 10.2. The van der Waals surface area contributed by atoms with Gasteiger partial charge in [0.2, 0.25) is 0 Å². The molecule has 0 amide bonds. The zero-order valence-corrected chi connectivity index (χ0v) is 16.8. The minimum Gasteiger partial charge on any atom is -0.293 e. The molecule has 0 fully saturated rings. The summed E-state index contributed by atoms with van der Waals surface area (Å²) in [6, 6.07) is 36.8. The van der Waals surface area contributed by atoms with E-state index in [1.54, 1.807) is 0 Å². The van der Waals surface area contributed by atoms with E-state index >= 15 is 0 Å². The first-order valence-electron chi connectivity index (χ1n) is 10.6. The largest absolute Gasteiger partial charge is 0.293 e. The summed E-state index contributed by atoms with van der Waals surface area (Å²) in [4.78, 5) is 4.75. The fourth-order valence-corrected chi connectivity index (χ4v) is 5.16. The van der Waals surface area contributed by atoms with E-state index in [4.69, 9.17) is 4.98 Å². The molecule has 5 aromatic carbocycles. The zero-order valence-electron chi connectivity index (χ0n) is 16.8. The van der Waals surface area contributed by atoms with Crippen molar-refractivity contribution < 1.29 is 0 Å². The van der Waals surface area contributed by atoms with Crippen molar-refractivity contribution in [2.45, 2.75) is 0 Å². The van der Waals surface area contributed by atoms with Crippen LogP contribution in [0.2, 0.25) is 0 Å². The van der Waals surface area contributed by atoms with Crippen molar-refractivity contribution in [2.75, 3.05) is 0 Å². The lowest BCUT2D eigenvalue weighted by Gasteiger charge is -2.11. The number of benzene rings is 5. The average molecular weight is 394 g/mol. The van der Waals surface area contributed by atoms with E-state index in [-0.39, 0.29) is 0 Å². The average Bonchev–Trinajstić information content (AvgIpc) is 3.21. The van der Waals surface area contributed by atoms with Gasteiger partial charge in [0.1, 0.15) is 5.82 Å². The van der Waals surface area contributed by atoms with Crippen LogP contribution in [-0.4, -0.2) is 9.55 Å². The Balaban J connectivity index is 1.91. The summed E-state index contributed by atoms with van der Waals surface area (Å²) in [6.07, 6.45) is 1.87. The highest BCUT2D eigenvalue weighted by Crippen LogP contribution is 2.44. The molecule has 0 aliphatic rings. The summed E-state index contributed by atoms with van der Waals surface area (Å²) in [5.74, 6) is 0.943. The fourth-order valence-electron chi connectivity index (χ4n) is 5.16. The van der Waals surface area contributed by atoms with Gasteiger partial charge < -0.3 is 0 Å². The first-order chi connectivity index (χ1) is 15.4. The first kappa shape index (κ1) is 16.6. The van der Waals surface area contributed by atoms with Crippen LogP contribution in [0.4, 0.5) is 0 Å². The molecule has 7 rings (SSSR count). The van der Waals surface area contributed by atoms with Gasteiger partial charge in [-0.25, -0.2) is 4.98 Å².